The minimum Gasteiger partial charge on any atom is -0.507 e. The second kappa shape index (κ2) is 8.91. The van der Waals surface area contributed by atoms with Gasteiger partial charge in [0.05, 0.1) is 22.8 Å². The number of rotatable bonds is 6. The van der Waals surface area contributed by atoms with Gasteiger partial charge in [0.2, 0.25) is 0 Å². The monoisotopic (exact) mass is 445 g/mol. The van der Waals surface area contributed by atoms with Gasteiger partial charge in [-0.05, 0) is 31.2 Å². The molecule has 0 bridgehead atoms. The molecule has 1 N–H and O–H groups in total. The lowest BCUT2D eigenvalue weighted by Gasteiger charge is -2.25. The Morgan fingerprint density at radius 3 is 2.61 bits per heavy atom. The number of aromatic nitrogens is 1. The zero-order chi connectivity index (χ0) is 23.5. The topological polar surface area (TPSA) is 123 Å². The van der Waals surface area contributed by atoms with Crippen LogP contribution in [-0.2, 0) is 9.59 Å². The van der Waals surface area contributed by atoms with Crippen LogP contribution < -0.4 is 9.64 Å². The van der Waals surface area contributed by atoms with Crippen molar-refractivity contribution in [2.45, 2.75) is 13.0 Å². The molecule has 4 rings (SSSR count). The summed E-state index contributed by atoms with van der Waals surface area (Å²) in [5.74, 6) is -1.78. The number of aliphatic hydroxyl groups excluding tert-OH is 1. The number of pyridine rings is 1. The fraction of sp³-hybridized carbons (Fsp3) is 0.125. The molecule has 2 heterocycles. The number of Topliss-reactive ketones (excluding diaryl/α,β-unsaturated/α-hetero) is 1. The van der Waals surface area contributed by atoms with E-state index in [0.717, 1.165) is 6.07 Å². The van der Waals surface area contributed by atoms with Crippen molar-refractivity contribution in [1.82, 2.24) is 4.98 Å². The molecule has 1 saturated heterocycles. The molecule has 0 radical (unpaired) electrons. The van der Waals surface area contributed by atoms with Gasteiger partial charge >= 0.3 is 0 Å². The van der Waals surface area contributed by atoms with E-state index in [1.165, 1.54) is 29.3 Å². The van der Waals surface area contributed by atoms with Gasteiger partial charge in [-0.1, -0.05) is 24.3 Å². The summed E-state index contributed by atoms with van der Waals surface area (Å²) in [6.07, 6.45) is 1.51. The second-order valence-electron chi connectivity index (χ2n) is 7.16. The fourth-order valence-electron chi connectivity index (χ4n) is 3.73. The summed E-state index contributed by atoms with van der Waals surface area (Å²) >= 11 is 0. The molecule has 1 aromatic heterocycles. The van der Waals surface area contributed by atoms with Gasteiger partial charge in [-0.3, -0.25) is 29.6 Å². The zero-order valence-corrected chi connectivity index (χ0v) is 17.5. The van der Waals surface area contributed by atoms with E-state index >= 15 is 0 Å². The van der Waals surface area contributed by atoms with E-state index in [4.69, 9.17) is 4.74 Å². The van der Waals surface area contributed by atoms with Crippen LogP contribution in [0, 0.1) is 10.1 Å². The number of aliphatic hydroxyl groups is 1. The van der Waals surface area contributed by atoms with E-state index in [2.05, 4.69) is 4.98 Å². The number of benzene rings is 2. The molecule has 1 amide bonds. The SMILES string of the molecule is CCOc1cccc(N2C(=O)C(=O)/C(=C(\O)c3cccc([N+](=O)[O-])c3)C2c2ccccn2)c1. The third-order valence-electron chi connectivity index (χ3n) is 5.15. The van der Waals surface area contributed by atoms with Gasteiger partial charge in [-0.2, -0.15) is 0 Å². The van der Waals surface area contributed by atoms with Gasteiger partial charge in [0.1, 0.15) is 17.6 Å². The molecule has 0 spiro atoms. The second-order valence-corrected chi connectivity index (χ2v) is 7.16. The van der Waals surface area contributed by atoms with Crippen LogP contribution in [0.3, 0.4) is 0 Å². The number of ketones is 1. The lowest BCUT2D eigenvalue weighted by molar-refractivity contribution is -0.384. The summed E-state index contributed by atoms with van der Waals surface area (Å²) in [6, 6.07) is 15.9. The minimum atomic E-state index is -1.04. The number of ether oxygens (including phenoxy) is 1. The van der Waals surface area contributed by atoms with Crippen molar-refractivity contribution >= 4 is 28.8 Å². The molecule has 1 aliphatic rings. The average molecular weight is 445 g/mol. The summed E-state index contributed by atoms with van der Waals surface area (Å²) in [5, 5.41) is 22.2. The van der Waals surface area contributed by atoms with Crippen molar-refractivity contribution in [1.29, 1.82) is 0 Å². The lowest BCUT2D eigenvalue weighted by Crippen LogP contribution is -2.29. The fourth-order valence-corrected chi connectivity index (χ4v) is 3.73. The van der Waals surface area contributed by atoms with Gasteiger partial charge < -0.3 is 9.84 Å². The normalized spacial score (nSPS) is 17.2. The Bertz CT molecular complexity index is 1270. The summed E-state index contributed by atoms with van der Waals surface area (Å²) in [5.41, 5.74) is 0.321. The Kier molecular flexibility index (Phi) is 5.86. The molecule has 1 unspecified atom stereocenters. The largest absolute Gasteiger partial charge is 0.507 e. The van der Waals surface area contributed by atoms with Crippen molar-refractivity contribution in [3.63, 3.8) is 0 Å². The van der Waals surface area contributed by atoms with Crippen LogP contribution in [0.1, 0.15) is 24.2 Å². The molecular weight excluding hydrogens is 426 g/mol. The highest BCUT2D eigenvalue weighted by Crippen LogP contribution is 2.42. The maximum atomic E-state index is 13.1. The van der Waals surface area contributed by atoms with Gasteiger partial charge in [0.25, 0.3) is 17.4 Å². The van der Waals surface area contributed by atoms with E-state index in [0.29, 0.717) is 23.7 Å². The number of nitrogens with zero attached hydrogens (tertiary/aromatic N) is 3. The van der Waals surface area contributed by atoms with Crippen LogP contribution in [0.4, 0.5) is 11.4 Å². The molecule has 1 atom stereocenters. The summed E-state index contributed by atoms with van der Waals surface area (Å²) in [7, 11) is 0. The first-order valence-corrected chi connectivity index (χ1v) is 10.1. The van der Waals surface area contributed by atoms with E-state index in [1.54, 1.807) is 42.5 Å². The highest BCUT2D eigenvalue weighted by molar-refractivity contribution is 6.51. The first-order valence-electron chi connectivity index (χ1n) is 10.1. The molecule has 1 aliphatic heterocycles. The van der Waals surface area contributed by atoms with Crippen LogP contribution in [0.25, 0.3) is 5.76 Å². The maximum absolute atomic E-state index is 13.1. The van der Waals surface area contributed by atoms with Crippen LogP contribution >= 0.6 is 0 Å². The smallest absolute Gasteiger partial charge is 0.300 e. The first kappa shape index (κ1) is 21.7. The molecule has 3 aromatic rings. The number of anilines is 1. The van der Waals surface area contributed by atoms with Crippen molar-refractivity contribution in [2.75, 3.05) is 11.5 Å². The van der Waals surface area contributed by atoms with Gasteiger partial charge in [-0.25, -0.2) is 0 Å². The van der Waals surface area contributed by atoms with Gasteiger partial charge in [-0.15, -0.1) is 0 Å². The predicted octanol–water partition coefficient (Wildman–Crippen LogP) is 4.01. The highest BCUT2D eigenvalue weighted by atomic mass is 16.6. The van der Waals surface area contributed by atoms with Crippen molar-refractivity contribution < 1.29 is 24.4 Å². The third kappa shape index (κ3) is 4.03. The van der Waals surface area contributed by atoms with E-state index in [-0.39, 0.29) is 16.8 Å². The quantitative estimate of drug-likeness (QED) is 0.200. The van der Waals surface area contributed by atoms with Crippen LogP contribution in [0.5, 0.6) is 5.75 Å². The van der Waals surface area contributed by atoms with Crippen molar-refractivity contribution in [3.05, 3.63) is 99.9 Å². The summed E-state index contributed by atoms with van der Waals surface area (Å²) in [4.78, 5) is 42.4. The molecule has 9 nitrogen and oxygen atoms in total. The van der Waals surface area contributed by atoms with E-state index in [9.17, 15) is 24.8 Å². The summed E-state index contributed by atoms with van der Waals surface area (Å²) in [6.45, 7) is 2.24. The number of amides is 1. The van der Waals surface area contributed by atoms with E-state index in [1.807, 2.05) is 6.92 Å². The molecule has 0 saturated carbocycles. The first-order chi connectivity index (χ1) is 15.9. The lowest BCUT2D eigenvalue weighted by atomic mass is 9.98. The molecule has 9 heteroatoms. The van der Waals surface area contributed by atoms with Crippen molar-refractivity contribution in [2.24, 2.45) is 0 Å². The summed E-state index contributed by atoms with van der Waals surface area (Å²) < 4.78 is 5.52. The number of nitro groups is 1. The van der Waals surface area contributed by atoms with Gasteiger partial charge in [0, 0.05) is 35.6 Å². The Labute approximate surface area is 188 Å². The molecule has 0 aliphatic carbocycles. The molecule has 33 heavy (non-hydrogen) atoms. The van der Waals surface area contributed by atoms with Crippen LogP contribution in [-0.4, -0.2) is 33.3 Å². The maximum Gasteiger partial charge on any atom is 0.300 e. The Balaban J connectivity index is 1.92. The van der Waals surface area contributed by atoms with E-state index < -0.39 is 28.4 Å². The van der Waals surface area contributed by atoms with Crippen LogP contribution in [0.15, 0.2) is 78.5 Å². The average Bonchev–Trinajstić information content (AvgIpc) is 3.10. The number of carbonyl (C=O) groups excluding carboxylic acids is 2. The Morgan fingerprint density at radius 1 is 1.12 bits per heavy atom. The molecule has 1 fully saturated rings. The number of nitro benzene ring substituents is 1. The van der Waals surface area contributed by atoms with Crippen molar-refractivity contribution in [3.8, 4) is 5.75 Å². The van der Waals surface area contributed by atoms with Crippen LogP contribution in [0.2, 0.25) is 0 Å². The number of hydrogen-bond acceptors (Lipinski definition) is 7. The number of hydrogen-bond donors (Lipinski definition) is 1. The number of non-ortho nitro benzene ring substituents is 1. The highest BCUT2D eigenvalue weighted by Gasteiger charge is 2.47. The molecule has 2 aromatic carbocycles. The number of carbonyl (C=O) groups is 2. The Morgan fingerprint density at radius 2 is 1.91 bits per heavy atom. The third-order valence-corrected chi connectivity index (χ3v) is 5.15. The zero-order valence-electron chi connectivity index (χ0n) is 17.5. The molecule has 166 valence electrons. The minimum absolute atomic E-state index is 0.0474. The van der Waals surface area contributed by atoms with Gasteiger partial charge in [0.15, 0.2) is 0 Å². The standard InChI is InChI=1S/C24H19N3O6/c1-2-33-18-10-6-8-16(14-18)26-21(19-11-3-4-12-25-19)20(23(29)24(26)30)22(28)15-7-5-9-17(13-15)27(31)32/h3-14,21,28H,2H2,1H3/b22-20-. The predicted molar refractivity (Wildman–Crippen MR) is 120 cm³/mol. The Hall–Kier alpha value is -4.53. The molecular formula is C24H19N3O6.